The van der Waals surface area contributed by atoms with Gasteiger partial charge >= 0.3 is 18.1 Å². The van der Waals surface area contributed by atoms with Crippen LogP contribution in [0.3, 0.4) is 0 Å². The van der Waals surface area contributed by atoms with Gasteiger partial charge < -0.3 is 25.2 Å². The molecule has 180 valence electrons. The Morgan fingerprint density at radius 1 is 1.03 bits per heavy atom. The van der Waals surface area contributed by atoms with Gasteiger partial charge in [-0.2, -0.15) is 18.3 Å². The number of hydrogen-bond acceptors (Lipinski definition) is 7. The third-order valence-corrected chi connectivity index (χ3v) is 4.60. The Hall–Kier alpha value is -4.13. The lowest BCUT2D eigenvalue weighted by atomic mass is 10.2. The normalized spacial score (nSPS) is 13.6. The van der Waals surface area contributed by atoms with Gasteiger partial charge in [0.15, 0.2) is 0 Å². The van der Waals surface area contributed by atoms with Gasteiger partial charge in [-0.15, -0.1) is 0 Å². The van der Waals surface area contributed by atoms with Crippen molar-refractivity contribution in [3.63, 3.8) is 0 Å². The molecule has 2 aromatic heterocycles. The van der Waals surface area contributed by atoms with Gasteiger partial charge in [-0.1, -0.05) is 0 Å². The highest BCUT2D eigenvalue weighted by molar-refractivity contribution is 5.87. The number of aromatic carboxylic acids is 1. The number of carboxylic acids is 2. The molecule has 0 spiro atoms. The van der Waals surface area contributed by atoms with Crippen molar-refractivity contribution < 1.29 is 37.7 Å². The SMILES string of the molecule is O=C(O)C(F)(F)F.O=C(O)c1cnn(-c2ccnc(Nc3ccc(N4CCOCC4)cc3)c2)c1. The fourth-order valence-electron chi connectivity index (χ4n) is 2.93. The number of nitrogens with zero attached hydrogens (tertiary/aromatic N) is 4. The van der Waals surface area contributed by atoms with Crippen LogP contribution in [0, 0.1) is 0 Å². The second-order valence-electron chi connectivity index (χ2n) is 6.95. The Bertz CT molecular complexity index is 1130. The molecule has 1 aliphatic rings. The van der Waals surface area contributed by atoms with Crippen LogP contribution in [0.2, 0.25) is 0 Å². The van der Waals surface area contributed by atoms with Crippen LogP contribution in [-0.2, 0) is 9.53 Å². The maximum Gasteiger partial charge on any atom is 0.490 e. The van der Waals surface area contributed by atoms with Crippen molar-refractivity contribution in [1.82, 2.24) is 14.8 Å². The van der Waals surface area contributed by atoms with Gasteiger partial charge in [0.2, 0.25) is 0 Å². The highest BCUT2D eigenvalue weighted by atomic mass is 19.4. The number of halogens is 3. The van der Waals surface area contributed by atoms with E-state index in [0.29, 0.717) is 5.82 Å². The van der Waals surface area contributed by atoms with E-state index in [4.69, 9.17) is 19.7 Å². The third-order valence-electron chi connectivity index (χ3n) is 4.60. The summed E-state index contributed by atoms with van der Waals surface area (Å²) in [6.45, 7) is 3.32. The van der Waals surface area contributed by atoms with Crippen molar-refractivity contribution >= 4 is 29.1 Å². The minimum Gasteiger partial charge on any atom is -0.478 e. The highest BCUT2D eigenvalue weighted by Crippen LogP contribution is 2.22. The standard InChI is InChI=1S/C19H19N5O3.C2HF3O2/c25-19(26)14-12-21-24(13-14)17-5-6-20-18(11-17)22-15-1-3-16(4-2-15)23-7-9-27-10-8-23;3-2(4,5)1(6)7/h1-6,11-13H,7-10H2,(H,20,22)(H,25,26);(H,6,7). The summed E-state index contributed by atoms with van der Waals surface area (Å²) >= 11 is 0. The Morgan fingerprint density at radius 3 is 2.24 bits per heavy atom. The Labute approximate surface area is 191 Å². The van der Waals surface area contributed by atoms with E-state index in [-0.39, 0.29) is 5.56 Å². The van der Waals surface area contributed by atoms with Gasteiger partial charge in [0.1, 0.15) is 5.82 Å². The number of benzene rings is 1. The molecule has 3 aromatic rings. The number of hydrogen-bond donors (Lipinski definition) is 3. The Balaban J connectivity index is 0.000000406. The fraction of sp³-hybridized carbons (Fsp3) is 0.238. The Kier molecular flexibility index (Phi) is 7.68. The lowest BCUT2D eigenvalue weighted by Gasteiger charge is -2.28. The number of carboxylic acid groups (broad SMARTS) is 2. The Morgan fingerprint density at radius 2 is 1.68 bits per heavy atom. The van der Waals surface area contributed by atoms with Crippen LogP contribution in [0.15, 0.2) is 55.0 Å². The number of alkyl halides is 3. The number of pyridine rings is 1. The van der Waals surface area contributed by atoms with Crippen LogP contribution in [0.4, 0.5) is 30.4 Å². The van der Waals surface area contributed by atoms with Gasteiger partial charge in [-0.3, -0.25) is 0 Å². The van der Waals surface area contributed by atoms with E-state index < -0.39 is 18.1 Å². The summed E-state index contributed by atoms with van der Waals surface area (Å²) in [6.07, 6.45) is -0.638. The van der Waals surface area contributed by atoms with Gasteiger partial charge in [0.05, 0.1) is 30.7 Å². The molecule has 3 heterocycles. The molecule has 3 N–H and O–H groups in total. The molecule has 0 saturated carbocycles. The van der Waals surface area contributed by atoms with Gasteiger partial charge in [-0.05, 0) is 30.3 Å². The maximum atomic E-state index is 11.0. The van der Waals surface area contributed by atoms with Crippen molar-refractivity contribution in [2.24, 2.45) is 0 Å². The molecule has 1 aromatic carbocycles. The first-order chi connectivity index (χ1) is 16.1. The predicted octanol–water partition coefficient (Wildman–Crippen LogP) is 3.18. The van der Waals surface area contributed by atoms with E-state index in [1.165, 1.54) is 22.8 Å². The number of carbonyl (C=O) groups is 2. The summed E-state index contributed by atoms with van der Waals surface area (Å²) in [6, 6.07) is 11.7. The lowest BCUT2D eigenvalue weighted by molar-refractivity contribution is -0.192. The van der Waals surface area contributed by atoms with Gasteiger partial charge in [0.25, 0.3) is 0 Å². The van der Waals surface area contributed by atoms with Crippen molar-refractivity contribution in [2.75, 3.05) is 36.5 Å². The molecule has 1 aliphatic heterocycles. The van der Waals surface area contributed by atoms with Crippen LogP contribution in [0.5, 0.6) is 0 Å². The van der Waals surface area contributed by atoms with E-state index >= 15 is 0 Å². The molecule has 1 fully saturated rings. The van der Waals surface area contributed by atoms with Crippen LogP contribution in [-0.4, -0.2) is 69.4 Å². The smallest absolute Gasteiger partial charge is 0.478 e. The second-order valence-corrected chi connectivity index (χ2v) is 6.95. The van der Waals surface area contributed by atoms with Crippen molar-refractivity contribution in [2.45, 2.75) is 6.18 Å². The average molecular weight is 479 g/mol. The molecular weight excluding hydrogens is 459 g/mol. The third kappa shape index (κ3) is 6.68. The largest absolute Gasteiger partial charge is 0.490 e. The number of aromatic nitrogens is 3. The van der Waals surface area contributed by atoms with Crippen molar-refractivity contribution in [3.05, 3.63) is 60.6 Å². The molecule has 13 heteroatoms. The molecule has 0 bridgehead atoms. The average Bonchev–Trinajstić information content (AvgIpc) is 3.31. The zero-order valence-corrected chi connectivity index (χ0v) is 17.6. The minimum absolute atomic E-state index is 0.139. The summed E-state index contributed by atoms with van der Waals surface area (Å²) in [5.74, 6) is -3.11. The molecule has 0 aliphatic carbocycles. The molecule has 0 radical (unpaired) electrons. The molecule has 0 atom stereocenters. The van der Waals surface area contributed by atoms with Crippen molar-refractivity contribution in [1.29, 1.82) is 0 Å². The first-order valence-corrected chi connectivity index (χ1v) is 9.88. The van der Waals surface area contributed by atoms with E-state index in [0.717, 1.165) is 37.7 Å². The van der Waals surface area contributed by atoms with E-state index in [1.54, 1.807) is 12.3 Å². The summed E-state index contributed by atoms with van der Waals surface area (Å²) in [5, 5.41) is 23.5. The van der Waals surface area contributed by atoms with Crippen LogP contribution in [0.25, 0.3) is 5.69 Å². The first-order valence-electron chi connectivity index (χ1n) is 9.88. The molecule has 1 saturated heterocycles. The molecule has 4 rings (SSSR count). The molecular formula is C21H20F3N5O5. The van der Waals surface area contributed by atoms with E-state index in [1.807, 2.05) is 18.2 Å². The topological polar surface area (TPSA) is 130 Å². The summed E-state index contributed by atoms with van der Waals surface area (Å²) in [5.41, 5.74) is 2.96. The van der Waals surface area contributed by atoms with Crippen LogP contribution < -0.4 is 10.2 Å². The number of nitrogens with one attached hydrogen (secondary N) is 1. The predicted molar refractivity (Wildman–Crippen MR) is 115 cm³/mol. The summed E-state index contributed by atoms with van der Waals surface area (Å²) < 4.78 is 38.6. The zero-order valence-electron chi connectivity index (χ0n) is 17.6. The molecule has 0 amide bonds. The maximum absolute atomic E-state index is 11.0. The molecule has 34 heavy (non-hydrogen) atoms. The summed E-state index contributed by atoms with van der Waals surface area (Å²) in [4.78, 5) is 26.5. The lowest BCUT2D eigenvalue weighted by Crippen LogP contribution is -2.36. The number of aliphatic carboxylic acids is 1. The second kappa shape index (κ2) is 10.7. The highest BCUT2D eigenvalue weighted by Gasteiger charge is 2.38. The summed E-state index contributed by atoms with van der Waals surface area (Å²) in [7, 11) is 0. The fourth-order valence-corrected chi connectivity index (χ4v) is 2.93. The number of rotatable bonds is 5. The van der Waals surface area contributed by atoms with Crippen LogP contribution in [0.1, 0.15) is 10.4 Å². The molecule has 0 unspecified atom stereocenters. The van der Waals surface area contributed by atoms with E-state index in [9.17, 15) is 18.0 Å². The first kappa shape index (κ1) is 24.5. The minimum atomic E-state index is -5.08. The van der Waals surface area contributed by atoms with E-state index in [2.05, 4.69) is 32.4 Å². The quantitative estimate of drug-likeness (QED) is 0.505. The zero-order chi connectivity index (χ0) is 24.7. The van der Waals surface area contributed by atoms with Gasteiger partial charge in [0, 0.05) is 42.9 Å². The monoisotopic (exact) mass is 479 g/mol. The number of anilines is 3. The molecule has 10 nitrogen and oxygen atoms in total. The number of morpholine rings is 1. The number of ether oxygens (including phenoxy) is 1. The van der Waals surface area contributed by atoms with Crippen molar-refractivity contribution in [3.8, 4) is 5.69 Å². The van der Waals surface area contributed by atoms with Gasteiger partial charge in [-0.25, -0.2) is 19.3 Å². The van der Waals surface area contributed by atoms with Crippen LogP contribution >= 0.6 is 0 Å².